The van der Waals surface area contributed by atoms with E-state index in [1.165, 1.54) is 28.4 Å². The minimum Gasteiger partial charge on any atom is -0.492 e. The molecule has 1 aromatic carbocycles. The fourth-order valence-corrected chi connectivity index (χ4v) is 4.32. The van der Waals surface area contributed by atoms with Gasteiger partial charge in [0.05, 0.1) is 6.54 Å². The molecule has 2 fully saturated rings. The maximum absolute atomic E-state index is 13.0. The molecule has 1 aromatic heterocycles. The number of piperazine rings is 1. The zero-order valence-corrected chi connectivity index (χ0v) is 17.6. The van der Waals surface area contributed by atoms with Crippen LogP contribution in [0, 0.1) is 5.82 Å². The van der Waals surface area contributed by atoms with Crippen LogP contribution in [0.2, 0.25) is 0 Å². The minimum atomic E-state index is -0.586. The first-order valence-corrected chi connectivity index (χ1v) is 10.9. The number of thiophene rings is 1. The molecular weight excluding hydrogens is 423 g/mol. The molecule has 3 heterocycles. The van der Waals surface area contributed by atoms with Crippen molar-refractivity contribution >= 4 is 29.2 Å². The molecular formula is C21H23FN4O4S. The Morgan fingerprint density at radius 2 is 2.00 bits per heavy atom. The molecule has 0 spiro atoms. The highest BCUT2D eigenvalue weighted by molar-refractivity contribution is 7.09. The number of benzene rings is 1. The van der Waals surface area contributed by atoms with Crippen LogP contribution in [-0.2, 0) is 16.1 Å². The summed E-state index contributed by atoms with van der Waals surface area (Å²) in [6, 6.07) is 8.60. The van der Waals surface area contributed by atoms with E-state index in [0.29, 0.717) is 45.1 Å². The van der Waals surface area contributed by atoms with Crippen LogP contribution in [-0.4, -0.2) is 77.9 Å². The van der Waals surface area contributed by atoms with Gasteiger partial charge in [-0.1, -0.05) is 6.07 Å². The van der Waals surface area contributed by atoms with Crippen LogP contribution in [0.1, 0.15) is 4.88 Å². The molecule has 0 saturated carbocycles. The van der Waals surface area contributed by atoms with Crippen LogP contribution >= 0.6 is 11.3 Å². The summed E-state index contributed by atoms with van der Waals surface area (Å²) in [6.07, 6.45) is 0. The average molecular weight is 447 g/mol. The number of carbonyl (C=O) groups is 3. The van der Waals surface area contributed by atoms with E-state index in [1.807, 2.05) is 17.5 Å². The quantitative estimate of drug-likeness (QED) is 0.622. The molecule has 164 valence electrons. The third-order valence-corrected chi connectivity index (χ3v) is 6.20. The summed E-state index contributed by atoms with van der Waals surface area (Å²) in [5, 5.41) is 4.67. The first-order chi connectivity index (χ1) is 15.0. The number of nitrogens with zero attached hydrogens (tertiary/aromatic N) is 3. The highest BCUT2D eigenvalue weighted by Gasteiger charge is 2.47. The van der Waals surface area contributed by atoms with E-state index in [-0.39, 0.29) is 24.2 Å². The number of amides is 4. The number of ether oxygens (including phenoxy) is 1. The fourth-order valence-electron chi connectivity index (χ4n) is 3.68. The van der Waals surface area contributed by atoms with Crippen molar-refractivity contribution < 1.29 is 23.5 Å². The van der Waals surface area contributed by atoms with Gasteiger partial charge in [-0.2, -0.15) is 0 Å². The van der Waals surface area contributed by atoms with Gasteiger partial charge in [0, 0.05) is 31.1 Å². The Bertz CT molecular complexity index is 937. The molecule has 2 aliphatic rings. The van der Waals surface area contributed by atoms with E-state index in [2.05, 4.69) is 10.2 Å². The van der Waals surface area contributed by atoms with Crippen molar-refractivity contribution in [1.82, 2.24) is 20.0 Å². The molecule has 0 aliphatic carbocycles. The van der Waals surface area contributed by atoms with Crippen LogP contribution in [0.25, 0.3) is 0 Å². The maximum atomic E-state index is 13.0. The van der Waals surface area contributed by atoms with Crippen molar-refractivity contribution in [2.45, 2.75) is 12.6 Å². The van der Waals surface area contributed by atoms with Gasteiger partial charge in [0.1, 0.15) is 30.8 Å². The summed E-state index contributed by atoms with van der Waals surface area (Å²) in [5.74, 6) is -0.454. The molecule has 8 nitrogen and oxygen atoms in total. The van der Waals surface area contributed by atoms with Crippen LogP contribution in [0.3, 0.4) is 0 Å². The second-order valence-electron chi connectivity index (χ2n) is 7.38. The topological polar surface area (TPSA) is 82.2 Å². The van der Waals surface area contributed by atoms with Gasteiger partial charge in [-0.25, -0.2) is 9.18 Å². The van der Waals surface area contributed by atoms with Gasteiger partial charge in [0.25, 0.3) is 5.91 Å². The van der Waals surface area contributed by atoms with E-state index in [9.17, 15) is 18.8 Å². The van der Waals surface area contributed by atoms with Crippen molar-refractivity contribution in [2.75, 3.05) is 39.3 Å². The molecule has 2 aromatic rings. The number of urea groups is 1. The monoisotopic (exact) mass is 446 g/mol. The Hall–Kier alpha value is -2.98. The molecule has 0 bridgehead atoms. The van der Waals surface area contributed by atoms with Gasteiger partial charge in [0.15, 0.2) is 0 Å². The molecule has 2 saturated heterocycles. The molecule has 4 amide bonds. The first kappa shape index (κ1) is 21.3. The van der Waals surface area contributed by atoms with Gasteiger partial charge in [-0.3, -0.25) is 19.4 Å². The third-order valence-electron chi connectivity index (χ3n) is 5.32. The van der Waals surface area contributed by atoms with Crippen LogP contribution < -0.4 is 10.1 Å². The summed E-state index contributed by atoms with van der Waals surface area (Å²) in [4.78, 5) is 43.3. The Kier molecular flexibility index (Phi) is 6.47. The lowest BCUT2D eigenvalue weighted by atomic mass is 10.2. The first-order valence-electron chi connectivity index (χ1n) is 10.0. The summed E-state index contributed by atoms with van der Waals surface area (Å²) in [6.45, 7) is 2.48. The molecule has 1 unspecified atom stereocenters. The van der Waals surface area contributed by atoms with Crippen molar-refractivity contribution in [2.24, 2.45) is 0 Å². The van der Waals surface area contributed by atoms with E-state index in [4.69, 9.17) is 4.74 Å². The number of halogens is 1. The largest absolute Gasteiger partial charge is 0.492 e. The van der Waals surface area contributed by atoms with Gasteiger partial charge in [-0.15, -0.1) is 11.3 Å². The number of imide groups is 1. The smallest absolute Gasteiger partial charge is 0.328 e. The Morgan fingerprint density at radius 1 is 1.19 bits per heavy atom. The van der Waals surface area contributed by atoms with E-state index >= 15 is 0 Å². The van der Waals surface area contributed by atoms with Crippen LogP contribution in [0.15, 0.2) is 41.8 Å². The average Bonchev–Trinajstić information content (AvgIpc) is 3.37. The summed E-state index contributed by atoms with van der Waals surface area (Å²) >= 11 is 1.53. The van der Waals surface area contributed by atoms with Gasteiger partial charge >= 0.3 is 6.03 Å². The molecule has 4 rings (SSSR count). The van der Waals surface area contributed by atoms with E-state index in [1.54, 1.807) is 12.1 Å². The molecule has 31 heavy (non-hydrogen) atoms. The van der Waals surface area contributed by atoms with Crippen LogP contribution in [0.4, 0.5) is 9.18 Å². The predicted octanol–water partition coefficient (Wildman–Crippen LogP) is 1.53. The molecule has 10 heteroatoms. The fraction of sp³-hybridized carbons (Fsp3) is 0.381. The second kappa shape index (κ2) is 9.44. The lowest BCUT2D eigenvalue weighted by Crippen LogP contribution is -2.53. The number of hydrogen-bond donors (Lipinski definition) is 1. The maximum Gasteiger partial charge on any atom is 0.328 e. The van der Waals surface area contributed by atoms with Crippen LogP contribution in [0.5, 0.6) is 5.75 Å². The minimum absolute atomic E-state index is 0.274. The number of hydrogen-bond acceptors (Lipinski definition) is 6. The highest BCUT2D eigenvalue weighted by Crippen LogP contribution is 2.22. The van der Waals surface area contributed by atoms with Gasteiger partial charge in [-0.05, 0) is 35.7 Å². The van der Waals surface area contributed by atoms with Crippen molar-refractivity contribution in [3.05, 3.63) is 52.5 Å². The van der Waals surface area contributed by atoms with E-state index in [0.717, 1.165) is 9.78 Å². The van der Waals surface area contributed by atoms with Crippen molar-refractivity contribution in [1.29, 1.82) is 0 Å². The Morgan fingerprint density at radius 3 is 2.74 bits per heavy atom. The molecule has 1 N–H and O–H groups in total. The molecule has 2 aliphatic heterocycles. The summed E-state index contributed by atoms with van der Waals surface area (Å²) in [7, 11) is 0. The van der Waals surface area contributed by atoms with Gasteiger partial charge in [0.2, 0.25) is 5.91 Å². The lowest BCUT2D eigenvalue weighted by molar-refractivity contribution is -0.133. The molecule has 1 atom stereocenters. The standard InChI is InChI=1S/C21H23FN4O4S/c22-15-3-5-16(6-4-15)30-10-9-24-7-8-25-18(13-24)20(28)26(21(25)29)14-19(27)23-12-17-2-1-11-31-17/h1-6,11,18H,7-10,12-14H2,(H,23,27). The number of carbonyl (C=O) groups excluding carboxylic acids is 3. The van der Waals surface area contributed by atoms with Crippen molar-refractivity contribution in [3.63, 3.8) is 0 Å². The number of fused-ring (bicyclic) bond motifs is 1. The number of rotatable bonds is 8. The van der Waals surface area contributed by atoms with Gasteiger partial charge < -0.3 is 15.0 Å². The zero-order chi connectivity index (χ0) is 21.8. The van der Waals surface area contributed by atoms with Crippen molar-refractivity contribution in [3.8, 4) is 5.75 Å². The molecule has 0 radical (unpaired) electrons. The summed E-state index contributed by atoms with van der Waals surface area (Å²) in [5.41, 5.74) is 0. The predicted molar refractivity (Wildman–Crippen MR) is 112 cm³/mol. The van der Waals surface area contributed by atoms with E-state index < -0.39 is 12.1 Å². The highest BCUT2D eigenvalue weighted by atomic mass is 32.1. The number of nitrogens with one attached hydrogen (secondary N) is 1. The third kappa shape index (κ3) is 5.02. The second-order valence-corrected chi connectivity index (χ2v) is 8.41. The SMILES string of the molecule is O=C(CN1C(=O)C2CN(CCOc3ccc(F)cc3)CCN2C1=O)NCc1cccs1. The normalized spacial score (nSPS) is 18.9. The zero-order valence-electron chi connectivity index (χ0n) is 16.8. The Balaban J connectivity index is 1.26. The Labute approximate surface area is 183 Å². The summed E-state index contributed by atoms with van der Waals surface area (Å²) < 4.78 is 18.6. The lowest BCUT2D eigenvalue weighted by Gasteiger charge is -2.35.